The Labute approximate surface area is 205 Å². The molecule has 2 atom stereocenters. The number of nitrogens with zero attached hydrogens (tertiary/aromatic N) is 1. The fourth-order valence-corrected chi connectivity index (χ4v) is 6.27. The summed E-state index contributed by atoms with van der Waals surface area (Å²) in [5, 5.41) is 0. The van der Waals surface area contributed by atoms with Crippen molar-refractivity contribution in [3.05, 3.63) is 112 Å². The minimum absolute atomic E-state index is 0.00835. The molecule has 7 rings (SSSR count). The molecule has 3 aromatic rings. The lowest BCUT2D eigenvalue weighted by Crippen LogP contribution is -2.56. The van der Waals surface area contributed by atoms with E-state index in [0.29, 0.717) is 19.8 Å². The largest absolute Gasteiger partial charge is 0.448 e. The second kappa shape index (κ2) is 8.24. The molecule has 0 saturated carbocycles. The molecule has 1 amide bonds. The van der Waals surface area contributed by atoms with Crippen LogP contribution in [0.3, 0.4) is 0 Å². The van der Waals surface area contributed by atoms with E-state index in [-0.39, 0.29) is 24.1 Å². The van der Waals surface area contributed by atoms with Gasteiger partial charge in [0.2, 0.25) is 0 Å². The molecule has 2 bridgehead atoms. The maximum absolute atomic E-state index is 13.4. The van der Waals surface area contributed by atoms with Crippen LogP contribution in [0.1, 0.15) is 34.6 Å². The monoisotopic (exact) mass is 461 g/mol. The van der Waals surface area contributed by atoms with Gasteiger partial charge in [-0.15, -0.1) is 0 Å². The maximum Gasteiger partial charge on any atom is 0.410 e. The molecule has 3 aromatic carbocycles. The molecular weight excluding hydrogens is 434 g/mol. The van der Waals surface area contributed by atoms with Gasteiger partial charge in [0.25, 0.3) is 0 Å². The summed E-state index contributed by atoms with van der Waals surface area (Å²) in [5.41, 5.74) is 10.4. The van der Waals surface area contributed by atoms with Gasteiger partial charge in [-0.05, 0) is 57.4 Å². The Morgan fingerprint density at radius 2 is 1.60 bits per heavy atom. The van der Waals surface area contributed by atoms with Crippen molar-refractivity contribution in [1.82, 2.24) is 4.90 Å². The number of amides is 1. The minimum Gasteiger partial charge on any atom is -0.448 e. The van der Waals surface area contributed by atoms with Crippen LogP contribution in [-0.2, 0) is 15.9 Å². The Morgan fingerprint density at radius 3 is 2.34 bits per heavy atom. The molecule has 35 heavy (non-hydrogen) atoms. The summed E-state index contributed by atoms with van der Waals surface area (Å²) in [6.07, 6.45) is 6.08. The molecule has 2 aliphatic heterocycles. The third-order valence-electron chi connectivity index (χ3n) is 7.92. The van der Waals surface area contributed by atoms with Crippen LogP contribution in [0.4, 0.5) is 4.79 Å². The summed E-state index contributed by atoms with van der Waals surface area (Å²) in [5.74, 6) is 0.0699. The van der Waals surface area contributed by atoms with Gasteiger partial charge < -0.3 is 9.47 Å². The van der Waals surface area contributed by atoms with Crippen LogP contribution in [0.15, 0.2) is 90.0 Å². The zero-order valence-corrected chi connectivity index (χ0v) is 19.5. The highest BCUT2D eigenvalue weighted by molar-refractivity contribution is 5.79. The number of rotatable bonds is 3. The van der Waals surface area contributed by atoms with Crippen LogP contribution < -0.4 is 0 Å². The van der Waals surface area contributed by atoms with Gasteiger partial charge in [-0.3, -0.25) is 4.90 Å². The predicted octanol–water partition coefficient (Wildman–Crippen LogP) is 5.97. The molecule has 1 saturated heterocycles. The Hall–Kier alpha value is -3.63. The highest BCUT2D eigenvalue weighted by atomic mass is 16.6. The van der Waals surface area contributed by atoms with Gasteiger partial charge in [0.1, 0.15) is 6.61 Å². The fraction of sp³-hybridized carbons (Fsp3) is 0.258. The van der Waals surface area contributed by atoms with Gasteiger partial charge >= 0.3 is 6.09 Å². The van der Waals surface area contributed by atoms with Crippen LogP contribution in [0.5, 0.6) is 0 Å². The highest BCUT2D eigenvalue weighted by Gasteiger charge is 2.40. The van der Waals surface area contributed by atoms with Crippen molar-refractivity contribution in [2.45, 2.75) is 30.8 Å². The maximum atomic E-state index is 13.4. The molecule has 0 aromatic heterocycles. The van der Waals surface area contributed by atoms with Gasteiger partial charge in [0.05, 0.1) is 25.3 Å². The van der Waals surface area contributed by atoms with E-state index in [4.69, 9.17) is 9.47 Å². The van der Waals surface area contributed by atoms with Crippen molar-refractivity contribution in [2.75, 3.05) is 19.8 Å². The van der Waals surface area contributed by atoms with Crippen molar-refractivity contribution in [1.29, 1.82) is 0 Å². The van der Waals surface area contributed by atoms with Crippen LogP contribution >= 0.6 is 0 Å². The van der Waals surface area contributed by atoms with Gasteiger partial charge in [-0.2, -0.15) is 0 Å². The third kappa shape index (κ3) is 3.43. The first-order valence-corrected chi connectivity index (χ1v) is 12.5. The number of allylic oxidation sites excluding steroid dienone is 1. The van der Waals surface area contributed by atoms with Crippen molar-refractivity contribution in [3.8, 4) is 11.1 Å². The molecule has 174 valence electrons. The molecule has 2 unspecified atom stereocenters. The minimum atomic E-state index is -0.232. The SMILES string of the molecule is O=C(OCC1c2ccccc2-c2ccccc21)N1C2C=C(C3=Cc4ccccc4C3)CC1COC2. The van der Waals surface area contributed by atoms with Crippen LogP contribution in [0.25, 0.3) is 17.2 Å². The first kappa shape index (κ1) is 20.7. The number of benzene rings is 3. The number of ether oxygens (including phenoxy) is 2. The molecule has 2 heterocycles. The Kier molecular flexibility index (Phi) is 4.88. The lowest BCUT2D eigenvalue weighted by molar-refractivity contribution is -0.0358. The first-order valence-electron chi connectivity index (χ1n) is 12.5. The van der Waals surface area contributed by atoms with Crippen LogP contribution in [0.2, 0.25) is 0 Å². The molecule has 2 aliphatic carbocycles. The Morgan fingerprint density at radius 1 is 0.886 bits per heavy atom. The fourth-order valence-electron chi connectivity index (χ4n) is 6.27. The summed E-state index contributed by atoms with van der Waals surface area (Å²) in [6.45, 7) is 1.42. The summed E-state index contributed by atoms with van der Waals surface area (Å²) in [6, 6.07) is 25.4. The summed E-state index contributed by atoms with van der Waals surface area (Å²) < 4.78 is 11.9. The summed E-state index contributed by atoms with van der Waals surface area (Å²) in [4.78, 5) is 15.3. The molecule has 4 heteroatoms. The number of fused-ring (bicyclic) bond motifs is 6. The van der Waals surface area contributed by atoms with Gasteiger partial charge in [0, 0.05) is 5.92 Å². The molecule has 0 N–H and O–H groups in total. The van der Waals surface area contributed by atoms with Crippen molar-refractivity contribution in [3.63, 3.8) is 0 Å². The van der Waals surface area contributed by atoms with Crippen molar-refractivity contribution < 1.29 is 14.3 Å². The molecule has 0 spiro atoms. The summed E-state index contributed by atoms with van der Waals surface area (Å²) >= 11 is 0. The van der Waals surface area contributed by atoms with Crippen LogP contribution in [0, 0.1) is 0 Å². The third-order valence-corrected chi connectivity index (χ3v) is 7.92. The average Bonchev–Trinajstić information content (AvgIpc) is 3.46. The predicted molar refractivity (Wildman–Crippen MR) is 136 cm³/mol. The Balaban J connectivity index is 1.10. The zero-order chi connectivity index (χ0) is 23.4. The standard InChI is InChI=1S/C31H27NO3/c33-31(35-19-30-28-11-5-3-9-26(28)27-10-4-6-12-29(27)30)32-24-15-23(16-25(32)18-34-17-24)22-13-20-7-1-2-8-21(20)14-22/h1-13,15,24-25,30H,14,16-19H2. The van der Waals surface area contributed by atoms with Crippen LogP contribution in [-0.4, -0.2) is 42.9 Å². The molecular formula is C31H27NO3. The van der Waals surface area contributed by atoms with Gasteiger partial charge in [0.15, 0.2) is 0 Å². The van der Waals surface area contributed by atoms with Gasteiger partial charge in [-0.25, -0.2) is 4.79 Å². The van der Waals surface area contributed by atoms with Crippen molar-refractivity contribution >= 4 is 12.2 Å². The normalized spacial score (nSPS) is 22.1. The lowest BCUT2D eigenvalue weighted by atomic mass is 9.89. The highest BCUT2D eigenvalue weighted by Crippen LogP contribution is 2.45. The quantitative estimate of drug-likeness (QED) is 0.482. The number of hydrogen-bond acceptors (Lipinski definition) is 3. The number of carbonyl (C=O) groups excluding carboxylic acids is 1. The molecule has 0 radical (unpaired) electrons. The summed E-state index contributed by atoms with van der Waals surface area (Å²) in [7, 11) is 0. The smallest absolute Gasteiger partial charge is 0.410 e. The molecule has 4 nitrogen and oxygen atoms in total. The van der Waals surface area contributed by atoms with E-state index in [1.165, 1.54) is 44.5 Å². The van der Waals surface area contributed by atoms with E-state index in [0.717, 1.165) is 12.8 Å². The average molecular weight is 462 g/mol. The topological polar surface area (TPSA) is 38.8 Å². The van der Waals surface area contributed by atoms with Crippen molar-refractivity contribution in [2.24, 2.45) is 0 Å². The van der Waals surface area contributed by atoms with Gasteiger partial charge in [-0.1, -0.05) is 84.9 Å². The Bertz CT molecular complexity index is 1340. The van der Waals surface area contributed by atoms with E-state index >= 15 is 0 Å². The number of carbonyl (C=O) groups is 1. The van der Waals surface area contributed by atoms with E-state index in [1.54, 1.807) is 0 Å². The van der Waals surface area contributed by atoms with E-state index in [9.17, 15) is 4.79 Å². The zero-order valence-electron chi connectivity index (χ0n) is 19.5. The van der Waals surface area contributed by atoms with E-state index < -0.39 is 0 Å². The lowest BCUT2D eigenvalue weighted by Gasteiger charge is -2.44. The number of hydrogen-bond donors (Lipinski definition) is 0. The second-order valence-corrected chi connectivity index (χ2v) is 9.91. The second-order valence-electron chi connectivity index (χ2n) is 9.91. The molecule has 1 fully saturated rings. The first-order chi connectivity index (χ1) is 17.3. The van der Waals surface area contributed by atoms with E-state index in [2.05, 4.69) is 84.9 Å². The number of morpholine rings is 1. The van der Waals surface area contributed by atoms with E-state index in [1.807, 2.05) is 4.90 Å². The molecule has 4 aliphatic rings.